The molecule has 0 radical (unpaired) electrons. The van der Waals surface area contributed by atoms with Crippen LogP contribution in [-0.2, 0) is 0 Å². The van der Waals surface area contributed by atoms with E-state index in [0.29, 0.717) is 17.2 Å². The molecule has 0 aliphatic carbocycles. The van der Waals surface area contributed by atoms with Crippen molar-refractivity contribution < 1.29 is 4.74 Å². The van der Waals surface area contributed by atoms with Gasteiger partial charge < -0.3 is 25.7 Å². The summed E-state index contributed by atoms with van der Waals surface area (Å²) in [6, 6.07) is 17.2. The number of ether oxygens (including phenoxy) is 1. The average molecular weight is 405 g/mol. The number of rotatable bonds is 6. The molecule has 0 atom stereocenters. The van der Waals surface area contributed by atoms with E-state index in [1.165, 1.54) is 12.8 Å². The van der Waals surface area contributed by atoms with E-state index in [0.717, 1.165) is 42.0 Å². The molecule has 2 heterocycles. The molecule has 0 unspecified atom stereocenters. The fourth-order valence-electron chi connectivity index (χ4n) is 3.69. The van der Waals surface area contributed by atoms with Gasteiger partial charge >= 0.3 is 0 Å². The highest BCUT2D eigenvalue weighted by Crippen LogP contribution is 2.21. The summed E-state index contributed by atoms with van der Waals surface area (Å²) in [5.74, 6) is 1.49. The maximum absolute atomic E-state index is 12.3. The number of fused-ring (bicyclic) bond motifs is 1. The minimum Gasteiger partial charge on any atom is -0.493 e. The van der Waals surface area contributed by atoms with E-state index in [1.54, 1.807) is 6.20 Å². The summed E-state index contributed by atoms with van der Waals surface area (Å²) in [7, 11) is 2.17. The Morgan fingerprint density at radius 1 is 1.20 bits per heavy atom. The van der Waals surface area contributed by atoms with Gasteiger partial charge in [0.25, 0.3) is 5.56 Å². The van der Waals surface area contributed by atoms with Crippen LogP contribution in [0.4, 0.5) is 5.69 Å². The molecule has 30 heavy (non-hydrogen) atoms. The second-order valence-electron chi connectivity index (χ2n) is 7.93. The van der Waals surface area contributed by atoms with Gasteiger partial charge in [0.1, 0.15) is 5.75 Å². The van der Waals surface area contributed by atoms with Gasteiger partial charge in [-0.05, 0) is 80.7 Å². The van der Waals surface area contributed by atoms with Crippen molar-refractivity contribution >= 4 is 22.3 Å². The number of nitrogens with two attached hydrogens (primary N) is 1. The third-order valence-electron chi connectivity index (χ3n) is 5.64. The Balaban J connectivity index is 1.37. The van der Waals surface area contributed by atoms with Gasteiger partial charge in [-0.2, -0.15) is 0 Å². The van der Waals surface area contributed by atoms with E-state index in [1.807, 2.05) is 54.6 Å². The number of pyridine rings is 1. The van der Waals surface area contributed by atoms with Gasteiger partial charge in [0, 0.05) is 17.4 Å². The van der Waals surface area contributed by atoms with Crippen LogP contribution >= 0.6 is 0 Å². The molecule has 0 amide bonds. The molecular weight excluding hydrogens is 376 g/mol. The molecule has 6 heteroatoms. The Hall–Kier alpha value is -3.25. The average Bonchev–Trinajstić information content (AvgIpc) is 2.77. The molecule has 4 rings (SSSR count). The zero-order valence-electron chi connectivity index (χ0n) is 17.2. The molecule has 0 bridgehead atoms. The van der Waals surface area contributed by atoms with Crippen molar-refractivity contribution in [1.29, 1.82) is 0 Å². The number of para-hydroxylation sites is 1. The first-order valence-corrected chi connectivity index (χ1v) is 10.3. The molecule has 3 aromatic rings. The number of piperidine rings is 1. The summed E-state index contributed by atoms with van der Waals surface area (Å²) in [5.41, 5.74) is 8.44. The van der Waals surface area contributed by atoms with E-state index in [-0.39, 0.29) is 5.56 Å². The van der Waals surface area contributed by atoms with E-state index < -0.39 is 0 Å². The number of hydrogen-bond donors (Lipinski definition) is 3. The summed E-state index contributed by atoms with van der Waals surface area (Å²) < 4.78 is 5.96. The molecule has 0 spiro atoms. The lowest BCUT2D eigenvalue weighted by molar-refractivity contribution is 0.160. The Morgan fingerprint density at radius 2 is 1.93 bits per heavy atom. The van der Waals surface area contributed by atoms with Crippen LogP contribution in [0.25, 0.3) is 16.6 Å². The molecule has 1 aromatic heterocycles. The maximum atomic E-state index is 12.3. The van der Waals surface area contributed by atoms with Gasteiger partial charge in [-0.3, -0.25) is 4.79 Å². The lowest BCUT2D eigenvalue weighted by atomic mass is 9.98. The molecule has 1 fully saturated rings. The maximum Gasteiger partial charge on any atom is 0.257 e. The Morgan fingerprint density at radius 3 is 2.70 bits per heavy atom. The SMILES string of the molecule is CN1CCC(COc2ccc(N/C=C(\N)c3cc4ccccc4[nH]c3=O)cc2)CC1. The summed E-state index contributed by atoms with van der Waals surface area (Å²) in [6.45, 7) is 3.05. The number of aromatic amines is 1. The predicted molar refractivity (Wildman–Crippen MR) is 123 cm³/mol. The van der Waals surface area contributed by atoms with E-state index in [2.05, 4.69) is 22.2 Å². The third kappa shape index (κ3) is 4.83. The number of anilines is 1. The van der Waals surface area contributed by atoms with Gasteiger partial charge in [0.05, 0.1) is 17.9 Å². The van der Waals surface area contributed by atoms with Crippen LogP contribution in [0.3, 0.4) is 0 Å². The van der Waals surface area contributed by atoms with Crippen LogP contribution in [0.15, 0.2) is 65.6 Å². The largest absolute Gasteiger partial charge is 0.493 e. The number of hydrogen-bond acceptors (Lipinski definition) is 5. The summed E-state index contributed by atoms with van der Waals surface area (Å²) >= 11 is 0. The van der Waals surface area contributed by atoms with Gasteiger partial charge in [0.2, 0.25) is 0 Å². The fourth-order valence-corrected chi connectivity index (χ4v) is 3.69. The molecule has 6 nitrogen and oxygen atoms in total. The summed E-state index contributed by atoms with van der Waals surface area (Å²) in [4.78, 5) is 17.6. The van der Waals surface area contributed by atoms with Crippen molar-refractivity contribution in [3.63, 3.8) is 0 Å². The predicted octanol–water partition coefficient (Wildman–Crippen LogP) is 3.62. The second-order valence-corrected chi connectivity index (χ2v) is 7.93. The lowest BCUT2D eigenvalue weighted by Crippen LogP contribution is -2.32. The van der Waals surface area contributed by atoms with E-state index >= 15 is 0 Å². The molecule has 1 saturated heterocycles. The normalized spacial score (nSPS) is 16.0. The Bertz CT molecular complexity index is 1080. The zero-order chi connectivity index (χ0) is 20.9. The monoisotopic (exact) mass is 404 g/mol. The quantitative estimate of drug-likeness (QED) is 0.584. The van der Waals surface area contributed by atoms with E-state index in [9.17, 15) is 4.79 Å². The van der Waals surface area contributed by atoms with Crippen LogP contribution in [0.5, 0.6) is 5.75 Å². The summed E-state index contributed by atoms with van der Waals surface area (Å²) in [5, 5.41) is 4.09. The zero-order valence-corrected chi connectivity index (χ0v) is 17.2. The van der Waals surface area contributed by atoms with Gasteiger partial charge in [0.15, 0.2) is 0 Å². The molecule has 2 aromatic carbocycles. The minimum absolute atomic E-state index is 0.207. The van der Waals surface area contributed by atoms with Crippen LogP contribution in [0, 0.1) is 5.92 Å². The lowest BCUT2D eigenvalue weighted by Gasteiger charge is -2.28. The van der Waals surface area contributed by atoms with Gasteiger partial charge in [-0.25, -0.2) is 0 Å². The van der Waals surface area contributed by atoms with E-state index in [4.69, 9.17) is 10.5 Å². The number of H-pyrrole nitrogens is 1. The smallest absolute Gasteiger partial charge is 0.257 e. The number of nitrogens with one attached hydrogen (secondary N) is 2. The van der Waals surface area contributed by atoms with Crippen molar-refractivity contribution in [1.82, 2.24) is 9.88 Å². The minimum atomic E-state index is -0.207. The first kappa shape index (κ1) is 20.0. The van der Waals surface area contributed by atoms with Gasteiger partial charge in [-0.1, -0.05) is 18.2 Å². The Labute approximate surface area is 176 Å². The molecule has 1 aliphatic rings. The highest BCUT2D eigenvalue weighted by atomic mass is 16.5. The molecule has 0 saturated carbocycles. The third-order valence-corrected chi connectivity index (χ3v) is 5.64. The first-order valence-electron chi connectivity index (χ1n) is 10.3. The molecule has 156 valence electrons. The van der Waals surface area contributed by atoms with Crippen LogP contribution in [-0.4, -0.2) is 36.6 Å². The first-order chi connectivity index (χ1) is 14.6. The molecule has 1 aliphatic heterocycles. The molecular formula is C24H28N4O2. The fraction of sp³-hybridized carbons (Fsp3) is 0.292. The Kier molecular flexibility index (Phi) is 6.05. The number of likely N-dealkylation sites (tertiary alicyclic amines) is 1. The van der Waals surface area contributed by atoms with Crippen LogP contribution < -0.4 is 21.3 Å². The number of aromatic nitrogens is 1. The highest BCUT2D eigenvalue weighted by Gasteiger charge is 2.17. The second kappa shape index (κ2) is 9.05. The topological polar surface area (TPSA) is 83.4 Å². The van der Waals surface area contributed by atoms with Crippen molar-refractivity contribution in [3.8, 4) is 5.75 Å². The van der Waals surface area contributed by atoms with Crippen molar-refractivity contribution in [2.75, 3.05) is 32.1 Å². The summed E-state index contributed by atoms with van der Waals surface area (Å²) in [6.07, 6.45) is 4.02. The van der Waals surface area contributed by atoms with Crippen molar-refractivity contribution in [2.45, 2.75) is 12.8 Å². The van der Waals surface area contributed by atoms with Gasteiger partial charge in [-0.15, -0.1) is 0 Å². The number of benzene rings is 2. The van der Waals surface area contributed by atoms with Crippen LogP contribution in [0.1, 0.15) is 18.4 Å². The highest BCUT2D eigenvalue weighted by molar-refractivity contribution is 5.82. The van der Waals surface area contributed by atoms with Crippen molar-refractivity contribution in [2.24, 2.45) is 11.7 Å². The molecule has 4 N–H and O–H groups in total. The van der Waals surface area contributed by atoms with Crippen molar-refractivity contribution in [3.05, 3.63) is 76.7 Å². The standard InChI is InChI=1S/C24H28N4O2/c1-28-12-10-17(11-13-28)16-30-20-8-6-19(7-9-20)26-15-22(25)21-14-18-4-2-3-5-23(18)27-24(21)29/h2-9,14-15,17,26H,10-13,16,25H2,1H3,(H,27,29)/b22-15-. The number of nitrogens with zero attached hydrogens (tertiary/aromatic N) is 1. The van der Waals surface area contributed by atoms with Crippen LogP contribution in [0.2, 0.25) is 0 Å².